The van der Waals surface area contributed by atoms with Gasteiger partial charge in [0.15, 0.2) is 16.1 Å². The first-order valence-electron chi connectivity index (χ1n) is 24.1. The van der Waals surface area contributed by atoms with Gasteiger partial charge < -0.3 is 43.7 Å². The molecule has 0 bridgehead atoms. The predicted octanol–water partition coefficient (Wildman–Crippen LogP) is 9.29. The predicted molar refractivity (Wildman–Crippen MR) is 307 cm³/mol. The van der Waals surface area contributed by atoms with Crippen molar-refractivity contribution in [2.45, 2.75) is 94.9 Å². The van der Waals surface area contributed by atoms with E-state index in [-0.39, 0.29) is 59.3 Å². The minimum absolute atomic E-state index is 0. The molecule has 0 unspecified atom stereocenters. The quantitative estimate of drug-likeness (QED) is 0.0801. The van der Waals surface area contributed by atoms with Crippen molar-refractivity contribution in [2.24, 2.45) is 4.99 Å². The maximum absolute atomic E-state index is 11.1. The Morgan fingerprint density at radius 1 is 0.645 bits per heavy atom. The van der Waals surface area contributed by atoms with Crippen molar-refractivity contribution in [2.75, 3.05) is 5.75 Å². The molecule has 0 fully saturated rings. The van der Waals surface area contributed by atoms with Crippen molar-refractivity contribution in [3.8, 4) is 29.4 Å². The van der Waals surface area contributed by atoms with E-state index in [1.807, 2.05) is 42.5 Å². The van der Waals surface area contributed by atoms with Crippen LogP contribution in [0.15, 0.2) is 96.0 Å². The van der Waals surface area contributed by atoms with Gasteiger partial charge in [-0.3, -0.25) is 4.99 Å². The van der Waals surface area contributed by atoms with Gasteiger partial charge in [0.2, 0.25) is 0 Å². The van der Waals surface area contributed by atoms with E-state index in [0.717, 1.165) is 47.2 Å². The number of hydrogen-bond acceptors (Lipinski definition) is 14. The number of thiazole rings is 3. The number of carbonyl (C=O) groups is 1. The van der Waals surface area contributed by atoms with Crippen LogP contribution >= 0.6 is 57.4 Å². The Kier molecular flexibility index (Phi) is 23.6. The molecule has 9 aromatic rings. The second kappa shape index (κ2) is 29.0. The van der Waals surface area contributed by atoms with Crippen LogP contribution in [0.5, 0.6) is 17.2 Å². The van der Waals surface area contributed by atoms with Crippen LogP contribution in [0.4, 0.5) is 0 Å². The maximum atomic E-state index is 11.1. The van der Waals surface area contributed by atoms with Crippen LogP contribution in [-0.2, 0) is 23.9 Å². The molecule has 0 spiro atoms. The first-order chi connectivity index (χ1) is 35.9. The van der Waals surface area contributed by atoms with Gasteiger partial charge in [-0.1, -0.05) is 60.5 Å². The number of rotatable bonds is 9. The summed E-state index contributed by atoms with van der Waals surface area (Å²) in [5.74, 6) is 2.01. The van der Waals surface area contributed by atoms with Crippen molar-refractivity contribution in [1.82, 2.24) is 15.0 Å². The minimum Gasteiger partial charge on any atom is -1.00 e. The van der Waals surface area contributed by atoms with Crippen molar-refractivity contribution in [3.05, 3.63) is 173 Å². The van der Waals surface area contributed by atoms with Gasteiger partial charge in [0.25, 0.3) is 0 Å². The number of aromatic hydroxyl groups is 1. The van der Waals surface area contributed by atoms with Gasteiger partial charge in [0, 0.05) is 13.0 Å². The first-order valence-corrected chi connectivity index (χ1v) is 27.0. The number of fused-ring (bicyclic) bond motifs is 3. The third-order valence-corrected chi connectivity index (χ3v) is 16.1. The molecule has 0 saturated heterocycles. The van der Waals surface area contributed by atoms with Gasteiger partial charge in [-0.2, -0.15) is 10.5 Å². The largest absolute Gasteiger partial charge is 1.00 e. The van der Waals surface area contributed by atoms with Crippen LogP contribution in [-0.4, -0.2) is 48.0 Å². The van der Waals surface area contributed by atoms with Crippen LogP contribution in [0.2, 0.25) is 0 Å². The molecule has 1 aliphatic rings. The Morgan fingerprint density at radius 3 is 1.45 bits per heavy atom. The summed E-state index contributed by atoms with van der Waals surface area (Å²) in [6.45, 7) is 20.1. The minimum atomic E-state index is -0.888. The average molecular weight is 1230 g/mol. The molecular weight excluding hydrogens is 1170 g/mol. The summed E-state index contributed by atoms with van der Waals surface area (Å²) in [5, 5.41) is 38.1. The summed E-state index contributed by atoms with van der Waals surface area (Å²) in [5.41, 5.74) is 17.6. The number of carboxylic acids is 1. The summed E-state index contributed by atoms with van der Waals surface area (Å²) < 4.78 is 20.6. The molecule has 4 heterocycles. The van der Waals surface area contributed by atoms with Crippen LogP contribution < -0.4 is 63.0 Å². The normalized spacial score (nSPS) is 12.2. The van der Waals surface area contributed by atoms with E-state index in [4.69, 9.17) is 43.2 Å². The third kappa shape index (κ3) is 16.5. The number of alkyl halides is 1. The van der Waals surface area contributed by atoms with Crippen LogP contribution in [0.3, 0.4) is 0 Å². The number of aliphatic imine (C=N–C) groups is 1. The molecule has 0 radical (unpaired) electrons. The van der Waals surface area contributed by atoms with Gasteiger partial charge in [-0.05, 0) is 167 Å². The number of benzene rings is 6. The van der Waals surface area contributed by atoms with E-state index < -0.39 is 12.0 Å². The number of nitrogens with zero attached hydrogens (tertiary/aromatic N) is 6. The molecule has 1 aliphatic heterocycles. The second-order valence-corrected chi connectivity index (χ2v) is 22.0. The molecule has 10 rings (SSSR count). The zero-order valence-electron chi connectivity index (χ0n) is 45.3. The average Bonchev–Trinajstić information content (AvgIpc) is 4.20. The number of aryl methyl sites for hydroxylation is 9. The fourth-order valence-corrected chi connectivity index (χ4v) is 12.4. The molecule has 3 aromatic heterocycles. The van der Waals surface area contributed by atoms with E-state index >= 15 is 0 Å². The Bertz CT molecular complexity index is 3580. The zero-order valence-corrected chi connectivity index (χ0v) is 52.4. The number of carboxylic acid groups (broad SMARTS) is 1. The van der Waals surface area contributed by atoms with E-state index in [1.165, 1.54) is 120 Å². The molecule has 6 aromatic carbocycles. The number of aromatic nitrogens is 3. The summed E-state index contributed by atoms with van der Waals surface area (Å²) in [4.78, 5) is 28.2. The monoisotopic (exact) mass is 1230 g/mol. The number of hydrogen-bond donors (Lipinski definition) is 2. The van der Waals surface area contributed by atoms with Gasteiger partial charge >= 0.3 is 35.5 Å². The van der Waals surface area contributed by atoms with E-state index in [9.17, 15) is 4.79 Å². The molecule has 18 heteroatoms. The molecule has 388 valence electrons. The van der Waals surface area contributed by atoms with Crippen molar-refractivity contribution in [1.29, 1.82) is 10.5 Å². The fraction of sp³-hybridized carbons (Fsp3) is 0.259. The van der Waals surface area contributed by atoms with Crippen LogP contribution in [0.1, 0.15) is 90.6 Å². The van der Waals surface area contributed by atoms with E-state index in [1.54, 1.807) is 18.2 Å². The number of phenolic OH excluding ortho intramolecular Hbond substituents is 1. The molecule has 11 nitrogen and oxygen atoms in total. The van der Waals surface area contributed by atoms with E-state index in [2.05, 4.69) is 125 Å². The number of halogens is 2. The topological polar surface area (TPSA) is 175 Å². The maximum Gasteiger partial charge on any atom is 1.00 e. The van der Waals surface area contributed by atoms with Gasteiger partial charge in [0.1, 0.15) is 52.7 Å². The Morgan fingerprint density at radius 2 is 1.04 bits per heavy atom. The molecule has 0 aliphatic carbocycles. The van der Waals surface area contributed by atoms with Crippen molar-refractivity contribution >= 4 is 99.0 Å². The number of phenols is 1. The summed E-state index contributed by atoms with van der Waals surface area (Å²) in [6, 6.07) is 32.9. The van der Waals surface area contributed by atoms with Gasteiger partial charge in [-0.25, -0.2) is 19.7 Å². The Labute approximate surface area is 506 Å². The molecule has 0 amide bonds. The van der Waals surface area contributed by atoms with Crippen LogP contribution in [0.25, 0.3) is 30.6 Å². The Hall–Kier alpha value is -5.12. The molecule has 76 heavy (non-hydrogen) atoms. The van der Waals surface area contributed by atoms with Crippen molar-refractivity contribution < 1.29 is 79.4 Å². The zero-order chi connectivity index (χ0) is 54.5. The van der Waals surface area contributed by atoms with Gasteiger partial charge in [-0.15, -0.1) is 57.4 Å². The molecular formula is C58H57ClIN6NaO5S4. The van der Waals surface area contributed by atoms with Gasteiger partial charge in [0.05, 0.1) is 30.6 Å². The van der Waals surface area contributed by atoms with E-state index in [0.29, 0.717) is 39.9 Å². The molecule has 0 saturated carbocycles. The molecule has 1 atom stereocenters. The first kappa shape index (κ1) is 61.7. The standard InChI is InChI=1S/C21H20N2O3S2.C18H16N2OS.C10H13Cl.C8H4N2OS.CH4.HI.Na/c1-11-6-12(2)15(13(3)7-11)9-26-14-4-5-16-18(8-14)28-20(22-16)19-23-17(10-27-19)21(24)25;1-11-6-12(2)15(13(3)7-11)10-21-14-4-5-16-17(8-14)22-18(9-19)20-16;1-7-4-8(2)10(6-11)9(3)5-7;9-4-8-10-6-2-1-5(11)3-7(6)12-8;;;/h4-8,17H,9-10H2,1-3H3,(H,24,25);4-8H,10H2,1-3H3;4-5H,6H2,1-3H3;1-3,11H;1H4;1H;/q;;;;;;+1/p-1/t17-;;;;;;/m1....../s1/i;;;;1D;;. The second-order valence-electron chi connectivity index (χ2n) is 17.6. The number of aliphatic carboxylic acids is 1. The van der Waals surface area contributed by atoms with Crippen LogP contribution in [0, 0.1) is 85.0 Å². The summed E-state index contributed by atoms with van der Waals surface area (Å²) in [7, 11) is 1.25. The SMILES string of the molecule is Cc1cc(C)c(CCl)c(C)c1.Cc1cc(C)c(COc2ccc3nc(C#N)sc3c2)c(C)c1.Cc1cc(C)c(COc2ccc3nc(C4=N[C@@H](C(=O)O)CS4)sc3c2)c(C)c1.N#Cc1nc2ccc(O)cc2s1.[2H]C.[I-].[Na+]. The number of thioether (sulfide) groups is 1. The fourth-order valence-electron chi connectivity index (χ4n) is 8.31. The Balaban J connectivity index is 0.000000232. The van der Waals surface area contributed by atoms with Crippen molar-refractivity contribution in [3.63, 3.8) is 0 Å². The smallest absolute Gasteiger partial charge is 1.00 e. The third-order valence-electron chi connectivity index (χ3n) is 11.8. The number of nitriles is 2. The molecule has 2 N–H and O–H groups in total. The summed E-state index contributed by atoms with van der Waals surface area (Å²) in [6.07, 6.45) is 0. The number of ether oxygens (including phenoxy) is 2. The summed E-state index contributed by atoms with van der Waals surface area (Å²) >= 11 is 11.4.